The Morgan fingerprint density at radius 3 is 2.35 bits per heavy atom. The van der Waals surface area contributed by atoms with Crippen LogP contribution in [0.15, 0.2) is 77.2 Å². The Morgan fingerprint density at radius 1 is 0.913 bits per heavy atom. The van der Waals surface area contributed by atoms with Crippen LogP contribution in [0, 0.1) is 0 Å². The van der Waals surface area contributed by atoms with Gasteiger partial charge in [-0.25, -0.2) is 0 Å². The maximum absolute atomic E-state index is 10.6. The minimum Gasteiger partial charge on any atom is -0.389 e. The first-order valence-corrected chi connectivity index (χ1v) is 9.05. The molecule has 0 spiro atoms. The number of aliphatic hydroxyl groups excluding tert-OH is 1. The first-order chi connectivity index (χ1) is 11.3. The maximum Gasteiger partial charge on any atom is 0.0770 e. The minimum atomic E-state index is -0.301. The third-order valence-corrected chi connectivity index (χ3v) is 5.94. The SMILES string of the molecule is OC1CCCC2=C1C(c1ccccc1)C=C(c1ccccc1)S2. The van der Waals surface area contributed by atoms with Gasteiger partial charge in [0, 0.05) is 10.8 Å². The van der Waals surface area contributed by atoms with E-state index in [9.17, 15) is 5.11 Å². The highest BCUT2D eigenvalue weighted by Gasteiger charge is 2.32. The van der Waals surface area contributed by atoms with E-state index in [4.69, 9.17) is 0 Å². The highest BCUT2D eigenvalue weighted by molar-refractivity contribution is 8.11. The maximum atomic E-state index is 10.6. The predicted molar refractivity (Wildman–Crippen MR) is 98.1 cm³/mol. The summed E-state index contributed by atoms with van der Waals surface area (Å²) in [6.45, 7) is 0. The van der Waals surface area contributed by atoms with Gasteiger partial charge in [-0.1, -0.05) is 78.5 Å². The second-order valence-electron chi connectivity index (χ2n) is 6.17. The van der Waals surface area contributed by atoms with Crippen LogP contribution in [0.3, 0.4) is 0 Å². The van der Waals surface area contributed by atoms with Crippen molar-refractivity contribution in [2.24, 2.45) is 0 Å². The van der Waals surface area contributed by atoms with Crippen LogP contribution in [0.5, 0.6) is 0 Å². The summed E-state index contributed by atoms with van der Waals surface area (Å²) < 4.78 is 0. The van der Waals surface area contributed by atoms with Crippen molar-refractivity contribution in [1.82, 2.24) is 0 Å². The average Bonchev–Trinajstić information content (AvgIpc) is 2.62. The second-order valence-corrected chi connectivity index (χ2v) is 7.31. The minimum absolute atomic E-state index is 0.193. The van der Waals surface area contributed by atoms with Crippen molar-refractivity contribution in [2.75, 3.05) is 0 Å². The summed E-state index contributed by atoms with van der Waals surface area (Å²) in [4.78, 5) is 2.69. The molecule has 1 N–H and O–H groups in total. The van der Waals surface area contributed by atoms with Gasteiger partial charge in [-0.2, -0.15) is 0 Å². The van der Waals surface area contributed by atoms with E-state index in [2.05, 4.69) is 66.7 Å². The lowest BCUT2D eigenvalue weighted by atomic mass is 9.82. The molecule has 2 aromatic rings. The molecule has 1 nitrogen and oxygen atoms in total. The Bertz CT molecular complexity index is 746. The van der Waals surface area contributed by atoms with Gasteiger partial charge in [0.15, 0.2) is 0 Å². The summed E-state index contributed by atoms with van der Waals surface area (Å²) in [6.07, 6.45) is 5.09. The molecule has 2 unspecified atom stereocenters. The molecule has 116 valence electrons. The van der Waals surface area contributed by atoms with Gasteiger partial charge in [-0.15, -0.1) is 0 Å². The van der Waals surface area contributed by atoms with Crippen molar-refractivity contribution in [3.05, 3.63) is 88.3 Å². The lowest BCUT2D eigenvalue weighted by Crippen LogP contribution is -2.23. The van der Waals surface area contributed by atoms with Crippen LogP contribution in [0.2, 0.25) is 0 Å². The summed E-state index contributed by atoms with van der Waals surface area (Å²) in [5, 5.41) is 10.6. The van der Waals surface area contributed by atoms with Crippen LogP contribution in [-0.4, -0.2) is 11.2 Å². The third kappa shape index (κ3) is 2.89. The summed E-state index contributed by atoms with van der Waals surface area (Å²) in [6, 6.07) is 21.2. The predicted octanol–water partition coefficient (Wildman–Crippen LogP) is 5.36. The molecule has 23 heavy (non-hydrogen) atoms. The standard InChI is InChI=1S/C21H20OS/c22-18-12-7-13-19-21(18)17(15-8-3-1-4-9-15)14-20(23-19)16-10-5-2-6-11-16/h1-6,8-11,14,17-18,22H,7,12-13H2. The van der Waals surface area contributed by atoms with Crippen LogP contribution in [0.4, 0.5) is 0 Å². The molecule has 0 aromatic heterocycles. The summed E-state index contributed by atoms with van der Waals surface area (Å²) >= 11 is 1.85. The van der Waals surface area contributed by atoms with E-state index < -0.39 is 0 Å². The summed E-state index contributed by atoms with van der Waals surface area (Å²) in [5.74, 6) is 0.193. The molecule has 0 saturated carbocycles. The van der Waals surface area contributed by atoms with Crippen molar-refractivity contribution in [3.8, 4) is 0 Å². The molecule has 1 heterocycles. The van der Waals surface area contributed by atoms with E-state index >= 15 is 0 Å². The number of rotatable bonds is 2. The van der Waals surface area contributed by atoms with Gasteiger partial charge >= 0.3 is 0 Å². The van der Waals surface area contributed by atoms with Gasteiger partial charge in [-0.05, 0) is 40.9 Å². The molecule has 1 aliphatic heterocycles. The number of allylic oxidation sites excluding steroid dienone is 2. The fraction of sp³-hybridized carbons (Fsp3) is 0.238. The molecule has 0 amide bonds. The van der Waals surface area contributed by atoms with Gasteiger partial charge in [0.1, 0.15) is 0 Å². The highest BCUT2D eigenvalue weighted by atomic mass is 32.2. The zero-order valence-corrected chi connectivity index (χ0v) is 13.8. The van der Waals surface area contributed by atoms with E-state index in [1.165, 1.54) is 26.5 Å². The topological polar surface area (TPSA) is 20.2 Å². The Balaban J connectivity index is 1.81. The molecule has 0 radical (unpaired) electrons. The summed E-state index contributed by atoms with van der Waals surface area (Å²) in [7, 11) is 0. The zero-order valence-electron chi connectivity index (χ0n) is 13.0. The van der Waals surface area contributed by atoms with Crippen LogP contribution in [0.1, 0.15) is 36.3 Å². The first kappa shape index (κ1) is 14.8. The normalized spacial score (nSPS) is 24.1. The molecule has 2 atom stereocenters. The van der Waals surface area contributed by atoms with Crippen molar-refractivity contribution in [3.63, 3.8) is 0 Å². The second kappa shape index (κ2) is 6.38. The summed E-state index contributed by atoms with van der Waals surface area (Å²) in [5.41, 5.74) is 3.77. The van der Waals surface area contributed by atoms with Gasteiger partial charge in [0.2, 0.25) is 0 Å². The molecule has 2 aliphatic rings. The van der Waals surface area contributed by atoms with Gasteiger partial charge in [-0.3, -0.25) is 0 Å². The fourth-order valence-electron chi connectivity index (χ4n) is 3.53. The quantitative estimate of drug-likeness (QED) is 0.804. The van der Waals surface area contributed by atoms with Gasteiger partial charge < -0.3 is 5.11 Å². The molecule has 2 aromatic carbocycles. The molecule has 0 saturated heterocycles. The van der Waals surface area contributed by atoms with E-state index in [1.807, 2.05) is 11.8 Å². The zero-order chi connectivity index (χ0) is 15.6. The Kier molecular flexibility index (Phi) is 4.11. The number of aliphatic hydroxyl groups is 1. The number of benzene rings is 2. The molecule has 0 bridgehead atoms. The van der Waals surface area contributed by atoms with E-state index in [0.29, 0.717) is 0 Å². The van der Waals surface area contributed by atoms with Crippen LogP contribution < -0.4 is 0 Å². The molecule has 0 fully saturated rings. The average molecular weight is 320 g/mol. The largest absolute Gasteiger partial charge is 0.389 e. The first-order valence-electron chi connectivity index (χ1n) is 8.24. The van der Waals surface area contributed by atoms with E-state index in [-0.39, 0.29) is 12.0 Å². The smallest absolute Gasteiger partial charge is 0.0770 e. The third-order valence-electron chi connectivity index (χ3n) is 4.67. The van der Waals surface area contributed by atoms with E-state index in [1.54, 1.807) is 0 Å². The van der Waals surface area contributed by atoms with Crippen molar-refractivity contribution < 1.29 is 5.11 Å². The lowest BCUT2D eigenvalue weighted by Gasteiger charge is -2.34. The highest BCUT2D eigenvalue weighted by Crippen LogP contribution is 2.50. The fourth-order valence-corrected chi connectivity index (χ4v) is 4.88. The molecular formula is C21H20OS. The Labute approximate surface area is 141 Å². The number of thioether (sulfide) groups is 1. The van der Waals surface area contributed by atoms with Gasteiger partial charge in [0.05, 0.1) is 6.10 Å². The van der Waals surface area contributed by atoms with Crippen LogP contribution in [-0.2, 0) is 0 Å². The monoisotopic (exact) mass is 320 g/mol. The van der Waals surface area contributed by atoms with Crippen molar-refractivity contribution >= 4 is 16.7 Å². The van der Waals surface area contributed by atoms with Crippen LogP contribution in [0.25, 0.3) is 4.91 Å². The molecule has 2 heteroatoms. The molecular weight excluding hydrogens is 300 g/mol. The number of hydrogen-bond donors (Lipinski definition) is 1. The van der Waals surface area contributed by atoms with Gasteiger partial charge in [0.25, 0.3) is 0 Å². The number of hydrogen-bond acceptors (Lipinski definition) is 2. The molecule has 4 rings (SSSR count). The molecule has 1 aliphatic carbocycles. The Morgan fingerprint density at radius 2 is 1.61 bits per heavy atom. The van der Waals surface area contributed by atoms with Crippen molar-refractivity contribution in [1.29, 1.82) is 0 Å². The van der Waals surface area contributed by atoms with Crippen molar-refractivity contribution in [2.45, 2.75) is 31.3 Å². The Hall–Kier alpha value is -1.77. The van der Waals surface area contributed by atoms with E-state index in [0.717, 1.165) is 19.3 Å². The van der Waals surface area contributed by atoms with Crippen LogP contribution >= 0.6 is 11.8 Å². The lowest BCUT2D eigenvalue weighted by molar-refractivity contribution is 0.185.